The third kappa shape index (κ3) is 1.93. The highest BCUT2D eigenvalue weighted by Gasteiger charge is 2.06. The van der Waals surface area contributed by atoms with E-state index in [4.69, 9.17) is 0 Å². The number of hydrogen-bond acceptors (Lipinski definition) is 1. The van der Waals surface area contributed by atoms with E-state index in [0.29, 0.717) is 5.92 Å². The maximum Gasteiger partial charge on any atom is 0.0116 e. The van der Waals surface area contributed by atoms with Crippen LogP contribution in [0.25, 0.3) is 0 Å². The van der Waals surface area contributed by atoms with Gasteiger partial charge in [0.1, 0.15) is 0 Å². The Hall–Kier alpha value is -0.560. The summed E-state index contributed by atoms with van der Waals surface area (Å²) >= 11 is 1.86. The monoisotopic (exact) mass is 166 g/mol. The lowest BCUT2D eigenvalue weighted by molar-refractivity contribution is 0.922. The summed E-state index contributed by atoms with van der Waals surface area (Å²) < 4.78 is 0. The molecule has 0 aliphatic heterocycles. The minimum absolute atomic E-state index is 0.522. The van der Waals surface area contributed by atoms with Crippen molar-refractivity contribution in [1.29, 1.82) is 0 Å². The van der Waals surface area contributed by atoms with E-state index in [-0.39, 0.29) is 0 Å². The lowest BCUT2D eigenvalue weighted by atomic mass is 10.0. The number of rotatable bonds is 2. The third-order valence-corrected chi connectivity index (χ3v) is 3.11. The molecule has 0 aromatic carbocycles. The van der Waals surface area contributed by atoms with Gasteiger partial charge in [0.05, 0.1) is 0 Å². The molecule has 1 heterocycles. The van der Waals surface area contributed by atoms with Gasteiger partial charge in [-0.3, -0.25) is 0 Å². The number of allylic oxidation sites excluding steroid dienone is 1. The molecule has 0 amide bonds. The Morgan fingerprint density at radius 1 is 1.55 bits per heavy atom. The maximum absolute atomic E-state index is 3.95. The van der Waals surface area contributed by atoms with Crippen molar-refractivity contribution in [3.05, 3.63) is 34.0 Å². The van der Waals surface area contributed by atoms with Gasteiger partial charge in [-0.15, -0.1) is 11.3 Å². The first-order valence-electron chi connectivity index (χ1n) is 3.83. The van der Waals surface area contributed by atoms with Gasteiger partial charge in [0.15, 0.2) is 0 Å². The van der Waals surface area contributed by atoms with Gasteiger partial charge in [0.25, 0.3) is 0 Å². The second-order valence-corrected chi connectivity index (χ2v) is 4.34. The first-order chi connectivity index (χ1) is 5.11. The normalized spacial score (nSPS) is 13.0. The first kappa shape index (κ1) is 8.54. The fourth-order valence-electron chi connectivity index (χ4n) is 0.929. The average molecular weight is 166 g/mol. The molecule has 0 aliphatic rings. The zero-order valence-corrected chi connectivity index (χ0v) is 8.16. The summed E-state index contributed by atoms with van der Waals surface area (Å²) in [7, 11) is 0. The van der Waals surface area contributed by atoms with Crippen LogP contribution < -0.4 is 0 Å². The van der Waals surface area contributed by atoms with E-state index < -0.39 is 0 Å². The van der Waals surface area contributed by atoms with Crippen LogP contribution in [-0.4, -0.2) is 0 Å². The van der Waals surface area contributed by atoms with Crippen molar-refractivity contribution in [2.75, 3.05) is 0 Å². The Kier molecular flexibility index (Phi) is 2.50. The molecule has 60 valence electrons. The van der Waals surface area contributed by atoms with Crippen molar-refractivity contribution in [2.45, 2.75) is 26.7 Å². The molecule has 0 aliphatic carbocycles. The minimum Gasteiger partial charge on any atom is -0.145 e. The molecule has 0 radical (unpaired) electrons. The summed E-state index contributed by atoms with van der Waals surface area (Å²) in [4.78, 5) is 2.81. The number of hydrogen-bond donors (Lipinski definition) is 0. The molecule has 1 heteroatoms. The van der Waals surface area contributed by atoms with Crippen LogP contribution in [-0.2, 0) is 0 Å². The van der Waals surface area contributed by atoms with Gasteiger partial charge in [0, 0.05) is 15.7 Å². The van der Waals surface area contributed by atoms with Gasteiger partial charge < -0.3 is 0 Å². The van der Waals surface area contributed by atoms with Crippen molar-refractivity contribution in [3.63, 3.8) is 0 Å². The molecule has 1 aromatic heterocycles. The lowest BCUT2D eigenvalue weighted by Gasteiger charge is -2.06. The van der Waals surface area contributed by atoms with E-state index in [9.17, 15) is 0 Å². The third-order valence-electron chi connectivity index (χ3n) is 1.93. The molecule has 0 saturated carbocycles. The Morgan fingerprint density at radius 2 is 2.18 bits per heavy atom. The first-order valence-corrected chi connectivity index (χ1v) is 4.64. The largest absolute Gasteiger partial charge is 0.145 e. The van der Waals surface area contributed by atoms with Gasteiger partial charge >= 0.3 is 0 Å². The average Bonchev–Trinajstić information content (AvgIpc) is 2.34. The predicted molar refractivity (Wildman–Crippen MR) is 52.3 cm³/mol. The molecule has 11 heavy (non-hydrogen) atoms. The Labute approximate surface area is 72.6 Å². The second-order valence-electron chi connectivity index (χ2n) is 3.02. The Balaban J connectivity index is 2.84. The molecule has 1 aromatic rings. The van der Waals surface area contributed by atoms with Crippen LogP contribution in [0.5, 0.6) is 0 Å². The molecule has 0 nitrogen and oxygen atoms in total. The summed E-state index contributed by atoms with van der Waals surface area (Å²) in [5.41, 5.74) is 1.24. The van der Waals surface area contributed by atoms with Crippen LogP contribution in [0.2, 0.25) is 0 Å². The summed E-state index contributed by atoms with van der Waals surface area (Å²) in [5.74, 6) is 0.522. The molecule has 0 bridgehead atoms. The Morgan fingerprint density at radius 3 is 2.55 bits per heavy atom. The number of aryl methyl sites for hydroxylation is 1. The van der Waals surface area contributed by atoms with Crippen molar-refractivity contribution < 1.29 is 0 Å². The van der Waals surface area contributed by atoms with Crippen LogP contribution in [0.1, 0.15) is 29.5 Å². The zero-order chi connectivity index (χ0) is 8.43. The number of thiophene rings is 1. The molecule has 0 fully saturated rings. The van der Waals surface area contributed by atoms with Gasteiger partial charge in [0.2, 0.25) is 0 Å². The molecule has 0 N–H and O–H groups in total. The second kappa shape index (κ2) is 3.22. The summed E-state index contributed by atoms with van der Waals surface area (Å²) in [6.07, 6.45) is 0. The summed E-state index contributed by atoms with van der Waals surface area (Å²) in [6, 6.07) is 4.36. The molecule has 0 saturated heterocycles. The van der Waals surface area contributed by atoms with Crippen molar-refractivity contribution >= 4 is 11.3 Å². The van der Waals surface area contributed by atoms with E-state index in [1.807, 2.05) is 11.3 Å². The standard InChI is InChI=1S/C10H14S/c1-7(2)9(4)10-6-5-8(3)11-10/h5-6,9H,1H2,2-4H3/t9-/m1/s1. The highest BCUT2D eigenvalue weighted by molar-refractivity contribution is 7.12. The van der Waals surface area contributed by atoms with E-state index in [2.05, 4.69) is 39.5 Å². The lowest BCUT2D eigenvalue weighted by Crippen LogP contribution is -1.88. The van der Waals surface area contributed by atoms with Crippen LogP contribution in [0, 0.1) is 6.92 Å². The van der Waals surface area contributed by atoms with Crippen molar-refractivity contribution in [1.82, 2.24) is 0 Å². The van der Waals surface area contributed by atoms with Crippen LogP contribution in [0.3, 0.4) is 0 Å². The molecule has 0 spiro atoms. The Bertz CT molecular complexity index is 258. The predicted octanol–water partition coefficient (Wildman–Crippen LogP) is 3.74. The highest BCUT2D eigenvalue weighted by atomic mass is 32.1. The van der Waals surface area contributed by atoms with Crippen LogP contribution in [0.15, 0.2) is 24.3 Å². The summed E-state index contributed by atoms with van der Waals surface area (Å²) in [6.45, 7) is 10.4. The topological polar surface area (TPSA) is 0 Å². The molecule has 1 rings (SSSR count). The van der Waals surface area contributed by atoms with E-state index in [1.165, 1.54) is 15.3 Å². The highest BCUT2D eigenvalue weighted by Crippen LogP contribution is 2.28. The fraction of sp³-hybridized carbons (Fsp3) is 0.400. The van der Waals surface area contributed by atoms with E-state index >= 15 is 0 Å². The molecular formula is C10H14S. The molecular weight excluding hydrogens is 152 g/mol. The van der Waals surface area contributed by atoms with Gasteiger partial charge in [-0.05, 0) is 26.0 Å². The minimum atomic E-state index is 0.522. The van der Waals surface area contributed by atoms with Crippen LogP contribution in [0.4, 0.5) is 0 Å². The van der Waals surface area contributed by atoms with Crippen LogP contribution >= 0.6 is 11.3 Å². The van der Waals surface area contributed by atoms with Gasteiger partial charge in [-0.2, -0.15) is 0 Å². The zero-order valence-electron chi connectivity index (χ0n) is 7.35. The fourth-order valence-corrected chi connectivity index (χ4v) is 1.95. The maximum atomic E-state index is 3.95. The summed E-state index contributed by atoms with van der Waals surface area (Å²) in [5, 5.41) is 0. The van der Waals surface area contributed by atoms with Crippen molar-refractivity contribution in [3.8, 4) is 0 Å². The van der Waals surface area contributed by atoms with Crippen molar-refractivity contribution in [2.24, 2.45) is 0 Å². The van der Waals surface area contributed by atoms with Gasteiger partial charge in [-0.1, -0.05) is 19.1 Å². The molecule has 1 atom stereocenters. The van der Waals surface area contributed by atoms with E-state index in [1.54, 1.807) is 0 Å². The van der Waals surface area contributed by atoms with E-state index in [0.717, 1.165) is 0 Å². The quantitative estimate of drug-likeness (QED) is 0.587. The molecule has 0 unspecified atom stereocenters. The van der Waals surface area contributed by atoms with Gasteiger partial charge in [-0.25, -0.2) is 0 Å². The SMILES string of the molecule is C=C(C)[C@@H](C)c1ccc(C)s1. The smallest absolute Gasteiger partial charge is 0.0116 e.